The van der Waals surface area contributed by atoms with Gasteiger partial charge < -0.3 is 38.5 Å². The SMILES string of the molecule is CCOC(=O)/C=C(\N[C@H]1[C@@H](OC)O[C@H](OCc2ccccc2)[C@@H](OCc2ccccc2)[C@@H]1OCc1ccccc1)C(=O)OCC. The molecule has 1 aliphatic rings. The molecule has 0 saturated carbocycles. The van der Waals surface area contributed by atoms with Crippen molar-refractivity contribution in [1.29, 1.82) is 0 Å². The molecule has 45 heavy (non-hydrogen) atoms. The van der Waals surface area contributed by atoms with E-state index < -0.39 is 42.8 Å². The Morgan fingerprint density at radius 1 is 0.689 bits per heavy atom. The summed E-state index contributed by atoms with van der Waals surface area (Å²) in [5.41, 5.74) is 2.67. The van der Waals surface area contributed by atoms with Gasteiger partial charge >= 0.3 is 11.9 Å². The zero-order valence-electron chi connectivity index (χ0n) is 25.8. The largest absolute Gasteiger partial charge is 0.463 e. The lowest BCUT2D eigenvalue weighted by Crippen LogP contribution is -2.65. The topological polar surface area (TPSA) is 111 Å². The first-order valence-electron chi connectivity index (χ1n) is 15.0. The van der Waals surface area contributed by atoms with Crippen LogP contribution in [0.5, 0.6) is 0 Å². The van der Waals surface area contributed by atoms with Crippen molar-refractivity contribution in [3.8, 4) is 0 Å². The van der Waals surface area contributed by atoms with E-state index in [1.54, 1.807) is 13.8 Å². The third-order valence-corrected chi connectivity index (χ3v) is 6.93. The van der Waals surface area contributed by atoms with E-state index in [2.05, 4.69) is 5.32 Å². The minimum absolute atomic E-state index is 0.0989. The fourth-order valence-electron chi connectivity index (χ4n) is 4.80. The maximum atomic E-state index is 13.0. The molecule has 4 rings (SSSR count). The molecule has 1 fully saturated rings. The summed E-state index contributed by atoms with van der Waals surface area (Å²) in [6.45, 7) is 4.28. The zero-order chi connectivity index (χ0) is 31.9. The highest BCUT2D eigenvalue weighted by molar-refractivity contribution is 5.95. The molecule has 0 aromatic heterocycles. The number of carbonyl (C=O) groups is 2. The summed E-state index contributed by atoms with van der Waals surface area (Å²) in [5, 5.41) is 3.11. The summed E-state index contributed by atoms with van der Waals surface area (Å²) >= 11 is 0. The van der Waals surface area contributed by atoms with Gasteiger partial charge in [0.2, 0.25) is 0 Å². The molecular weight excluding hydrogens is 578 g/mol. The maximum Gasteiger partial charge on any atom is 0.354 e. The number of methoxy groups -OCH3 is 1. The highest BCUT2D eigenvalue weighted by Gasteiger charge is 2.49. The van der Waals surface area contributed by atoms with E-state index in [-0.39, 0.29) is 38.7 Å². The lowest BCUT2D eigenvalue weighted by atomic mass is 9.99. The lowest BCUT2D eigenvalue weighted by molar-refractivity contribution is -0.339. The molecule has 0 radical (unpaired) electrons. The van der Waals surface area contributed by atoms with Crippen LogP contribution in [0.4, 0.5) is 0 Å². The van der Waals surface area contributed by atoms with Crippen molar-refractivity contribution in [3.05, 3.63) is 119 Å². The number of esters is 2. The molecule has 0 spiro atoms. The average molecular weight is 620 g/mol. The average Bonchev–Trinajstić information content (AvgIpc) is 3.07. The van der Waals surface area contributed by atoms with Crippen LogP contribution >= 0.6 is 0 Å². The van der Waals surface area contributed by atoms with Gasteiger partial charge in [-0.2, -0.15) is 0 Å². The van der Waals surface area contributed by atoms with Crippen molar-refractivity contribution in [2.45, 2.75) is 64.5 Å². The van der Waals surface area contributed by atoms with Crippen molar-refractivity contribution in [2.24, 2.45) is 0 Å². The molecule has 0 unspecified atom stereocenters. The van der Waals surface area contributed by atoms with Crippen molar-refractivity contribution in [1.82, 2.24) is 5.32 Å². The summed E-state index contributed by atoms with van der Waals surface area (Å²) in [5.74, 6) is -1.45. The Bertz CT molecular complexity index is 1340. The third-order valence-electron chi connectivity index (χ3n) is 6.93. The van der Waals surface area contributed by atoms with Crippen LogP contribution in [-0.4, -0.2) is 63.1 Å². The minimum atomic E-state index is -0.983. The summed E-state index contributed by atoms with van der Waals surface area (Å²) in [7, 11) is 1.48. The molecular formula is C35H41NO9. The van der Waals surface area contributed by atoms with Crippen LogP contribution in [-0.2, 0) is 62.6 Å². The second-order valence-electron chi connectivity index (χ2n) is 10.1. The molecule has 1 aliphatic heterocycles. The minimum Gasteiger partial charge on any atom is -0.463 e. The summed E-state index contributed by atoms with van der Waals surface area (Å²) in [4.78, 5) is 25.5. The smallest absolute Gasteiger partial charge is 0.354 e. The van der Waals surface area contributed by atoms with Crippen LogP contribution < -0.4 is 5.32 Å². The van der Waals surface area contributed by atoms with E-state index in [1.807, 2.05) is 91.0 Å². The van der Waals surface area contributed by atoms with Crippen molar-refractivity contribution >= 4 is 11.9 Å². The van der Waals surface area contributed by atoms with E-state index in [4.69, 9.17) is 33.2 Å². The van der Waals surface area contributed by atoms with E-state index in [0.717, 1.165) is 22.8 Å². The highest BCUT2D eigenvalue weighted by atomic mass is 16.8. The second kappa shape index (κ2) is 18.0. The number of hydrogen-bond acceptors (Lipinski definition) is 10. The molecule has 1 heterocycles. The van der Waals surface area contributed by atoms with Crippen LogP contribution in [0.25, 0.3) is 0 Å². The summed E-state index contributed by atoms with van der Waals surface area (Å²) in [6, 6.07) is 28.2. The van der Waals surface area contributed by atoms with E-state index >= 15 is 0 Å². The Kier molecular flexibility index (Phi) is 13.6. The predicted molar refractivity (Wildman–Crippen MR) is 165 cm³/mol. The molecule has 3 aromatic carbocycles. The fourth-order valence-corrected chi connectivity index (χ4v) is 4.80. The molecule has 1 saturated heterocycles. The first kappa shape index (κ1) is 33.8. The molecule has 5 atom stereocenters. The van der Waals surface area contributed by atoms with Gasteiger partial charge in [0.25, 0.3) is 0 Å². The van der Waals surface area contributed by atoms with Crippen LogP contribution in [0.15, 0.2) is 103 Å². The quantitative estimate of drug-likeness (QED) is 0.179. The number of hydrogen-bond donors (Lipinski definition) is 1. The molecule has 3 aromatic rings. The maximum absolute atomic E-state index is 13.0. The normalized spacial score (nSPS) is 21.6. The highest BCUT2D eigenvalue weighted by Crippen LogP contribution is 2.30. The Hall–Kier alpha value is -4.06. The number of rotatable bonds is 16. The van der Waals surface area contributed by atoms with Gasteiger partial charge in [-0.3, -0.25) is 0 Å². The van der Waals surface area contributed by atoms with E-state index in [0.29, 0.717) is 0 Å². The number of carbonyl (C=O) groups excluding carboxylic acids is 2. The Morgan fingerprint density at radius 3 is 1.67 bits per heavy atom. The molecule has 10 heteroatoms. The van der Waals surface area contributed by atoms with Crippen molar-refractivity contribution in [2.75, 3.05) is 20.3 Å². The number of benzene rings is 3. The van der Waals surface area contributed by atoms with Gasteiger partial charge in [0.15, 0.2) is 12.6 Å². The Morgan fingerprint density at radius 2 is 1.18 bits per heavy atom. The van der Waals surface area contributed by atoms with E-state index in [1.165, 1.54) is 7.11 Å². The van der Waals surface area contributed by atoms with Gasteiger partial charge in [0.05, 0.1) is 39.1 Å². The molecule has 0 amide bonds. The third kappa shape index (κ3) is 10.2. The first-order chi connectivity index (χ1) is 22.0. The van der Waals surface area contributed by atoms with Crippen LogP contribution in [0.1, 0.15) is 30.5 Å². The Balaban J connectivity index is 1.70. The van der Waals surface area contributed by atoms with Crippen LogP contribution in [0.3, 0.4) is 0 Å². The van der Waals surface area contributed by atoms with Gasteiger partial charge in [-0.25, -0.2) is 9.59 Å². The van der Waals surface area contributed by atoms with Gasteiger partial charge in [0.1, 0.15) is 23.9 Å². The van der Waals surface area contributed by atoms with Crippen LogP contribution in [0.2, 0.25) is 0 Å². The number of ether oxygens (including phenoxy) is 7. The fraction of sp³-hybridized carbons (Fsp3) is 0.371. The molecule has 0 aliphatic carbocycles. The van der Waals surface area contributed by atoms with Gasteiger partial charge in [-0.15, -0.1) is 0 Å². The molecule has 1 N–H and O–H groups in total. The van der Waals surface area contributed by atoms with E-state index in [9.17, 15) is 9.59 Å². The lowest BCUT2D eigenvalue weighted by Gasteiger charge is -2.46. The predicted octanol–water partition coefficient (Wildman–Crippen LogP) is 4.67. The van der Waals surface area contributed by atoms with Crippen LogP contribution in [0, 0.1) is 0 Å². The molecule has 240 valence electrons. The van der Waals surface area contributed by atoms with Crippen molar-refractivity contribution < 1.29 is 42.7 Å². The number of nitrogens with one attached hydrogen (secondary N) is 1. The standard InChI is InChI=1S/C35H41NO9/c1-4-40-29(37)21-28(33(38)41-5-2)36-30-31(42-22-25-15-9-6-10-16-25)32(43-23-26-17-11-7-12-18-26)35(45-34(30)39-3)44-24-27-19-13-8-14-20-27/h6-21,30-32,34-36H,4-5,22-24H2,1-3H3/b28-21-/t30-,31-,32+,34+,35+/m1/s1. The molecule has 0 bridgehead atoms. The monoisotopic (exact) mass is 619 g/mol. The first-order valence-corrected chi connectivity index (χ1v) is 15.0. The Labute approximate surface area is 264 Å². The van der Waals surface area contributed by atoms with Gasteiger partial charge in [0, 0.05) is 7.11 Å². The zero-order valence-corrected chi connectivity index (χ0v) is 25.8. The summed E-state index contributed by atoms with van der Waals surface area (Å²) in [6.07, 6.45) is -2.44. The molecule has 10 nitrogen and oxygen atoms in total. The van der Waals surface area contributed by atoms with Gasteiger partial charge in [-0.1, -0.05) is 91.0 Å². The summed E-state index contributed by atoms with van der Waals surface area (Å²) < 4.78 is 41.8. The second-order valence-corrected chi connectivity index (χ2v) is 10.1. The van der Waals surface area contributed by atoms with Crippen molar-refractivity contribution in [3.63, 3.8) is 0 Å². The van der Waals surface area contributed by atoms with Gasteiger partial charge in [-0.05, 0) is 30.5 Å².